The molecule has 0 saturated heterocycles. The van der Waals surface area contributed by atoms with Crippen LogP contribution in [0.3, 0.4) is 0 Å². The Morgan fingerprint density at radius 1 is 0.735 bits per heavy atom. The fourth-order valence-corrected chi connectivity index (χ4v) is 6.83. The van der Waals surface area contributed by atoms with Gasteiger partial charge in [-0.25, -0.2) is 18.0 Å². The highest BCUT2D eigenvalue weighted by atomic mass is 32.2. The summed E-state index contributed by atoms with van der Waals surface area (Å²) in [6.45, 7) is 1.69. The Labute approximate surface area is 199 Å². The maximum atomic E-state index is 14.4. The third-order valence-electron chi connectivity index (χ3n) is 4.79. The van der Waals surface area contributed by atoms with Crippen LogP contribution in [-0.2, 0) is 14.6 Å². The van der Waals surface area contributed by atoms with E-state index in [0.717, 1.165) is 0 Å². The Hall–Kier alpha value is -3.45. The second-order valence-electron chi connectivity index (χ2n) is 7.40. The van der Waals surface area contributed by atoms with Crippen molar-refractivity contribution >= 4 is 17.6 Å². The van der Waals surface area contributed by atoms with E-state index in [-0.39, 0.29) is 16.5 Å². The minimum absolute atomic E-state index is 0.195. The highest BCUT2D eigenvalue weighted by Gasteiger charge is 2.43. The number of aryl methyl sites for hydroxylation is 1. The molecule has 4 aromatic rings. The second kappa shape index (κ2) is 10.2. The van der Waals surface area contributed by atoms with Crippen molar-refractivity contribution in [2.75, 3.05) is 0 Å². The highest BCUT2D eigenvalue weighted by molar-refractivity contribution is 7.89. The molecule has 0 radical (unpaired) electrons. The predicted octanol–water partition coefficient (Wildman–Crippen LogP) is 5.72. The number of aromatic nitrogens is 1. The quantitative estimate of drug-likeness (QED) is 0.299. The van der Waals surface area contributed by atoms with E-state index in [2.05, 4.69) is 9.71 Å². The molecule has 174 valence electrons. The molecular formula is C25H23N2O5PS. The number of benzene rings is 3. The van der Waals surface area contributed by atoms with Gasteiger partial charge in [-0.15, -0.1) is 0 Å². The number of rotatable bonds is 9. The van der Waals surface area contributed by atoms with Crippen molar-refractivity contribution in [2.45, 2.75) is 17.7 Å². The number of hydrogen-bond donors (Lipinski definition) is 1. The Morgan fingerprint density at radius 2 is 1.24 bits per heavy atom. The zero-order chi connectivity index (χ0) is 24.0. The molecule has 7 nitrogen and oxygen atoms in total. The first-order valence-electron chi connectivity index (χ1n) is 10.5. The standard InChI is InChI=1S/C25H23N2O5PS/c1-20-12-11-19-24(26-20)34(29,30)27-25(21-13-5-2-6-14-21)33(28,31-22-15-7-3-8-16-22)32-23-17-9-4-10-18-23/h2-19,25,27H,1H3/t25-/m0/s1. The maximum Gasteiger partial charge on any atom is 0.453 e. The first-order valence-corrected chi connectivity index (χ1v) is 13.6. The van der Waals surface area contributed by atoms with Crippen molar-refractivity contribution < 1.29 is 22.0 Å². The van der Waals surface area contributed by atoms with Crippen LogP contribution >= 0.6 is 7.60 Å². The third-order valence-corrected chi connectivity index (χ3v) is 8.28. The van der Waals surface area contributed by atoms with E-state index < -0.39 is 23.4 Å². The van der Waals surface area contributed by atoms with E-state index in [1.54, 1.807) is 110 Å². The van der Waals surface area contributed by atoms with Gasteiger partial charge in [0.2, 0.25) is 0 Å². The molecule has 1 N–H and O–H groups in total. The molecule has 1 aromatic heterocycles. The Bertz CT molecular complexity index is 1340. The van der Waals surface area contributed by atoms with E-state index in [9.17, 15) is 13.0 Å². The maximum absolute atomic E-state index is 14.4. The fraction of sp³-hybridized carbons (Fsp3) is 0.0800. The summed E-state index contributed by atoms with van der Waals surface area (Å²) in [5.41, 5.74) is 0.942. The molecule has 34 heavy (non-hydrogen) atoms. The molecule has 3 aromatic carbocycles. The number of sulfonamides is 1. The van der Waals surface area contributed by atoms with Gasteiger partial charge >= 0.3 is 7.60 Å². The van der Waals surface area contributed by atoms with Crippen LogP contribution in [0.1, 0.15) is 17.0 Å². The summed E-state index contributed by atoms with van der Waals surface area (Å²) < 4.78 is 55.4. The van der Waals surface area contributed by atoms with Crippen molar-refractivity contribution in [3.05, 3.63) is 120 Å². The highest BCUT2D eigenvalue weighted by Crippen LogP contribution is 2.59. The minimum Gasteiger partial charge on any atom is -0.415 e. The molecule has 0 bridgehead atoms. The summed E-state index contributed by atoms with van der Waals surface area (Å²) in [6.07, 6.45) is 0. The number of pyridine rings is 1. The topological polar surface area (TPSA) is 94.6 Å². The van der Waals surface area contributed by atoms with Gasteiger partial charge in [0, 0.05) is 5.69 Å². The summed E-state index contributed by atoms with van der Waals surface area (Å²) in [4.78, 5) is 4.12. The van der Waals surface area contributed by atoms with Crippen LogP contribution in [0.5, 0.6) is 11.5 Å². The lowest BCUT2D eigenvalue weighted by Crippen LogP contribution is -2.31. The number of nitrogens with one attached hydrogen (secondary N) is 1. The van der Waals surface area contributed by atoms with Crippen LogP contribution in [0.15, 0.2) is 114 Å². The normalized spacial score (nSPS) is 12.6. The second-order valence-corrected chi connectivity index (χ2v) is 11.0. The summed E-state index contributed by atoms with van der Waals surface area (Å²) in [5.74, 6) is -0.812. The predicted molar refractivity (Wildman–Crippen MR) is 130 cm³/mol. The van der Waals surface area contributed by atoms with E-state index >= 15 is 0 Å². The zero-order valence-corrected chi connectivity index (χ0v) is 20.0. The Morgan fingerprint density at radius 3 is 1.74 bits per heavy atom. The van der Waals surface area contributed by atoms with Gasteiger partial charge in [-0.1, -0.05) is 72.8 Å². The van der Waals surface area contributed by atoms with Gasteiger partial charge < -0.3 is 9.05 Å². The van der Waals surface area contributed by atoms with Gasteiger partial charge in [0.15, 0.2) is 10.8 Å². The first kappa shape index (κ1) is 23.7. The van der Waals surface area contributed by atoms with Crippen LogP contribution in [0.2, 0.25) is 0 Å². The molecule has 0 saturated carbocycles. The van der Waals surface area contributed by atoms with Gasteiger partial charge in [-0.2, -0.15) is 4.72 Å². The lowest BCUT2D eigenvalue weighted by atomic mass is 10.2. The van der Waals surface area contributed by atoms with Gasteiger partial charge in [0.05, 0.1) is 0 Å². The molecule has 0 aliphatic heterocycles. The zero-order valence-electron chi connectivity index (χ0n) is 18.3. The van der Waals surface area contributed by atoms with Crippen LogP contribution in [0.4, 0.5) is 0 Å². The van der Waals surface area contributed by atoms with Gasteiger partial charge in [-0.3, -0.25) is 0 Å². The van der Waals surface area contributed by atoms with Crippen LogP contribution in [0.25, 0.3) is 0 Å². The summed E-state index contributed by atoms with van der Waals surface area (Å²) in [5, 5.41) is -0.195. The van der Waals surface area contributed by atoms with Gasteiger partial charge in [0.1, 0.15) is 11.5 Å². The summed E-state index contributed by atoms with van der Waals surface area (Å²) >= 11 is 0. The molecule has 0 spiro atoms. The van der Waals surface area contributed by atoms with E-state index in [4.69, 9.17) is 9.05 Å². The van der Waals surface area contributed by atoms with Gasteiger partial charge in [0.25, 0.3) is 10.0 Å². The van der Waals surface area contributed by atoms with Crippen molar-refractivity contribution in [1.29, 1.82) is 0 Å². The summed E-state index contributed by atoms with van der Waals surface area (Å²) in [6, 6.07) is 30.2. The van der Waals surface area contributed by atoms with Crippen LogP contribution in [0, 0.1) is 6.92 Å². The lowest BCUT2D eigenvalue weighted by Gasteiger charge is -2.28. The molecule has 9 heteroatoms. The van der Waals surface area contributed by atoms with Crippen molar-refractivity contribution in [3.63, 3.8) is 0 Å². The smallest absolute Gasteiger partial charge is 0.415 e. The van der Waals surface area contributed by atoms with Crippen LogP contribution in [-0.4, -0.2) is 13.4 Å². The number of hydrogen-bond acceptors (Lipinski definition) is 6. The van der Waals surface area contributed by atoms with Crippen molar-refractivity contribution in [1.82, 2.24) is 9.71 Å². The van der Waals surface area contributed by atoms with E-state index in [1.807, 2.05) is 0 Å². The summed E-state index contributed by atoms with van der Waals surface area (Å²) in [7, 11) is -8.43. The molecule has 1 heterocycles. The van der Waals surface area contributed by atoms with Crippen molar-refractivity contribution in [3.8, 4) is 11.5 Å². The van der Waals surface area contributed by atoms with Gasteiger partial charge in [-0.05, 0) is 48.9 Å². The number of para-hydroxylation sites is 2. The molecule has 0 fully saturated rings. The monoisotopic (exact) mass is 494 g/mol. The average Bonchev–Trinajstić information content (AvgIpc) is 2.84. The molecule has 0 amide bonds. The van der Waals surface area contributed by atoms with E-state index in [0.29, 0.717) is 11.3 Å². The molecule has 1 atom stereocenters. The molecule has 0 aliphatic rings. The van der Waals surface area contributed by atoms with Crippen molar-refractivity contribution in [2.24, 2.45) is 0 Å². The fourth-order valence-electron chi connectivity index (χ4n) is 3.21. The lowest BCUT2D eigenvalue weighted by molar-refractivity contribution is 0.368. The van der Waals surface area contributed by atoms with E-state index in [1.165, 1.54) is 6.07 Å². The molecule has 4 rings (SSSR count). The molecular weight excluding hydrogens is 471 g/mol. The van der Waals surface area contributed by atoms with Crippen LogP contribution < -0.4 is 13.8 Å². The minimum atomic E-state index is -4.24. The largest absolute Gasteiger partial charge is 0.453 e. The Balaban J connectivity index is 1.82. The average molecular weight is 495 g/mol. The number of nitrogens with zero attached hydrogens (tertiary/aromatic N) is 1. The Kier molecular flexibility index (Phi) is 7.12. The third kappa shape index (κ3) is 5.72. The SMILES string of the molecule is Cc1cccc(S(=O)(=O)N[C@H](c2ccccc2)P(=O)(Oc2ccccc2)Oc2ccccc2)n1. The molecule has 0 unspecified atom stereocenters. The first-order chi connectivity index (χ1) is 16.4. The molecule has 0 aliphatic carbocycles.